The van der Waals surface area contributed by atoms with Crippen LogP contribution in [-0.4, -0.2) is 22.2 Å². The minimum atomic E-state index is -4.43. The van der Waals surface area contributed by atoms with Gasteiger partial charge in [-0.2, -0.15) is 13.2 Å². The standard InChI is InChI=1S/C7H6F3NO2S/c1-3-11-4(2-7(8,9)10)5(14-3)6(12)13/h2H2,1H3,(H,12,13). The number of hydrogen-bond donors (Lipinski definition) is 1. The van der Waals surface area contributed by atoms with E-state index in [2.05, 4.69) is 4.98 Å². The van der Waals surface area contributed by atoms with Gasteiger partial charge in [0.25, 0.3) is 0 Å². The molecule has 1 aromatic rings. The fourth-order valence-corrected chi connectivity index (χ4v) is 1.72. The molecule has 1 N–H and O–H groups in total. The van der Waals surface area contributed by atoms with E-state index < -0.39 is 24.3 Å². The topological polar surface area (TPSA) is 50.2 Å². The molecule has 0 spiro atoms. The van der Waals surface area contributed by atoms with Gasteiger partial charge in [0.2, 0.25) is 0 Å². The van der Waals surface area contributed by atoms with Crippen molar-refractivity contribution in [2.75, 3.05) is 0 Å². The lowest BCUT2D eigenvalue weighted by Crippen LogP contribution is -2.14. The van der Waals surface area contributed by atoms with E-state index in [4.69, 9.17) is 5.11 Å². The lowest BCUT2D eigenvalue weighted by atomic mass is 10.2. The van der Waals surface area contributed by atoms with Crippen molar-refractivity contribution >= 4 is 17.3 Å². The van der Waals surface area contributed by atoms with Crippen LogP contribution in [0.3, 0.4) is 0 Å². The van der Waals surface area contributed by atoms with Gasteiger partial charge >= 0.3 is 12.1 Å². The van der Waals surface area contributed by atoms with Crippen molar-refractivity contribution in [2.45, 2.75) is 19.5 Å². The average molecular weight is 225 g/mol. The maximum atomic E-state index is 12.0. The predicted molar refractivity (Wildman–Crippen MR) is 43.6 cm³/mol. The van der Waals surface area contributed by atoms with Gasteiger partial charge in [0.1, 0.15) is 4.88 Å². The van der Waals surface area contributed by atoms with Gasteiger partial charge in [-0.15, -0.1) is 11.3 Å². The summed E-state index contributed by atoms with van der Waals surface area (Å²) in [7, 11) is 0. The lowest BCUT2D eigenvalue weighted by molar-refractivity contribution is -0.127. The summed E-state index contributed by atoms with van der Waals surface area (Å²) in [5.74, 6) is -1.37. The zero-order valence-electron chi connectivity index (χ0n) is 7.05. The van der Waals surface area contributed by atoms with Crippen molar-refractivity contribution in [1.29, 1.82) is 0 Å². The highest BCUT2D eigenvalue weighted by Crippen LogP contribution is 2.26. The molecule has 0 unspecified atom stereocenters. The predicted octanol–water partition coefficient (Wildman–Crippen LogP) is 2.25. The Kier molecular flexibility index (Phi) is 2.79. The largest absolute Gasteiger partial charge is 0.477 e. The van der Waals surface area contributed by atoms with Crippen molar-refractivity contribution < 1.29 is 23.1 Å². The van der Waals surface area contributed by atoms with Gasteiger partial charge in [-0.05, 0) is 6.92 Å². The molecule has 7 heteroatoms. The van der Waals surface area contributed by atoms with Gasteiger partial charge in [0.15, 0.2) is 0 Å². The van der Waals surface area contributed by atoms with Crippen LogP contribution in [0.25, 0.3) is 0 Å². The second-order valence-electron chi connectivity index (χ2n) is 2.61. The molecule has 0 atom stereocenters. The zero-order chi connectivity index (χ0) is 10.9. The van der Waals surface area contributed by atoms with Crippen LogP contribution in [0.15, 0.2) is 0 Å². The Hall–Kier alpha value is -1.11. The number of nitrogens with zero attached hydrogens (tertiary/aromatic N) is 1. The Balaban J connectivity index is 3.02. The van der Waals surface area contributed by atoms with Gasteiger partial charge in [-0.3, -0.25) is 0 Å². The molecule has 3 nitrogen and oxygen atoms in total. The molecule has 0 saturated carbocycles. The molecule has 0 radical (unpaired) electrons. The highest BCUT2D eigenvalue weighted by molar-refractivity contribution is 7.13. The highest BCUT2D eigenvalue weighted by atomic mass is 32.1. The number of aromatic nitrogens is 1. The van der Waals surface area contributed by atoms with E-state index in [1.807, 2.05) is 0 Å². The Labute approximate surface area is 81.2 Å². The molecule has 1 aromatic heterocycles. The average Bonchev–Trinajstić information content (AvgIpc) is 2.27. The molecule has 0 saturated heterocycles. The molecule has 0 bridgehead atoms. The molecule has 0 aliphatic heterocycles. The molecular weight excluding hydrogens is 219 g/mol. The number of thiazole rings is 1. The Bertz CT molecular complexity index is 358. The molecule has 0 aromatic carbocycles. The van der Waals surface area contributed by atoms with E-state index in [0.29, 0.717) is 5.01 Å². The summed E-state index contributed by atoms with van der Waals surface area (Å²) in [6.07, 6.45) is -5.72. The minimum absolute atomic E-state index is 0.321. The monoisotopic (exact) mass is 225 g/mol. The summed E-state index contributed by atoms with van der Waals surface area (Å²) in [5.41, 5.74) is -0.410. The Morgan fingerprint density at radius 2 is 2.14 bits per heavy atom. The van der Waals surface area contributed by atoms with Crippen LogP contribution < -0.4 is 0 Å². The molecular formula is C7H6F3NO2S. The van der Waals surface area contributed by atoms with Crippen molar-refractivity contribution in [3.8, 4) is 0 Å². The van der Waals surface area contributed by atoms with Crippen LogP contribution in [0.5, 0.6) is 0 Å². The normalized spacial score (nSPS) is 11.7. The highest BCUT2D eigenvalue weighted by Gasteiger charge is 2.32. The van der Waals surface area contributed by atoms with Gasteiger partial charge in [0.05, 0.1) is 17.1 Å². The van der Waals surface area contributed by atoms with Crippen LogP contribution in [0.4, 0.5) is 13.2 Å². The number of aromatic carboxylic acids is 1. The maximum Gasteiger partial charge on any atom is 0.394 e. The number of carboxylic acid groups (broad SMARTS) is 1. The number of rotatable bonds is 2. The van der Waals surface area contributed by atoms with Gasteiger partial charge in [-0.1, -0.05) is 0 Å². The molecule has 1 rings (SSSR count). The van der Waals surface area contributed by atoms with Crippen LogP contribution in [-0.2, 0) is 6.42 Å². The molecule has 78 valence electrons. The number of carbonyl (C=O) groups is 1. The van der Waals surface area contributed by atoms with E-state index in [9.17, 15) is 18.0 Å². The lowest BCUT2D eigenvalue weighted by Gasteiger charge is -2.03. The fraction of sp³-hybridized carbons (Fsp3) is 0.429. The third-order valence-corrected chi connectivity index (χ3v) is 2.37. The molecule has 0 amide bonds. The number of hydrogen-bond acceptors (Lipinski definition) is 3. The van der Waals surface area contributed by atoms with Crippen molar-refractivity contribution in [3.05, 3.63) is 15.6 Å². The first kappa shape index (κ1) is 11.0. The number of halogens is 3. The third-order valence-electron chi connectivity index (χ3n) is 1.37. The molecule has 14 heavy (non-hydrogen) atoms. The van der Waals surface area contributed by atoms with E-state index in [-0.39, 0.29) is 4.88 Å². The quantitative estimate of drug-likeness (QED) is 0.839. The summed E-state index contributed by atoms with van der Waals surface area (Å²) in [6, 6.07) is 0. The summed E-state index contributed by atoms with van der Waals surface area (Å²) in [5, 5.41) is 8.90. The summed E-state index contributed by atoms with van der Waals surface area (Å²) >= 11 is 0.752. The molecule has 1 heterocycles. The second kappa shape index (κ2) is 3.56. The first-order valence-corrected chi connectivity index (χ1v) is 4.37. The van der Waals surface area contributed by atoms with Crippen LogP contribution >= 0.6 is 11.3 Å². The SMILES string of the molecule is Cc1nc(CC(F)(F)F)c(C(=O)O)s1. The Morgan fingerprint density at radius 1 is 1.57 bits per heavy atom. The number of carboxylic acids is 1. The van der Waals surface area contributed by atoms with Crippen molar-refractivity contribution in [2.24, 2.45) is 0 Å². The molecule has 0 aliphatic carbocycles. The van der Waals surface area contributed by atoms with E-state index in [0.717, 1.165) is 11.3 Å². The minimum Gasteiger partial charge on any atom is -0.477 e. The molecule has 0 aliphatic rings. The van der Waals surface area contributed by atoms with E-state index >= 15 is 0 Å². The zero-order valence-corrected chi connectivity index (χ0v) is 7.87. The van der Waals surface area contributed by atoms with Gasteiger partial charge in [0, 0.05) is 0 Å². The maximum absolute atomic E-state index is 12.0. The number of aryl methyl sites for hydroxylation is 1. The van der Waals surface area contributed by atoms with E-state index in [1.165, 1.54) is 6.92 Å². The summed E-state index contributed by atoms with van der Waals surface area (Å²) < 4.78 is 35.9. The van der Waals surface area contributed by atoms with Gasteiger partial charge in [-0.25, -0.2) is 9.78 Å². The number of alkyl halides is 3. The van der Waals surface area contributed by atoms with Crippen LogP contribution in [0.2, 0.25) is 0 Å². The van der Waals surface area contributed by atoms with Gasteiger partial charge < -0.3 is 5.11 Å². The third kappa shape index (κ3) is 2.69. The van der Waals surface area contributed by atoms with Crippen LogP contribution in [0.1, 0.15) is 20.4 Å². The summed E-state index contributed by atoms with van der Waals surface area (Å²) in [4.78, 5) is 13.7. The van der Waals surface area contributed by atoms with Crippen molar-refractivity contribution in [3.63, 3.8) is 0 Å². The second-order valence-corrected chi connectivity index (χ2v) is 3.81. The van der Waals surface area contributed by atoms with Crippen LogP contribution in [0, 0.1) is 6.92 Å². The summed E-state index contributed by atoms with van der Waals surface area (Å²) in [6.45, 7) is 1.47. The Morgan fingerprint density at radius 3 is 2.57 bits per heavy atom. The first-order valence-electron chi connectivity index (χ1n) is 3.56. The van der Waals surface area contributed by atoms with Crippen molar-refractivity contribution in [1.82, 2.24) is 4.98 Å². The smallest absolute Gasteiger partial charge is 0.394 e. The first-order chi connectivity index (χ1) is 6.29. The fourth-order valence-electron chi connectivity index (χ4n) is 0.947. The molecule has 0 fully saturated rings. The van der Waals surface area contributed by atoms with E-state index in [1.54, 1.807) is 0 Å².